The SMILES string of the molecule is CCS(=O)(=O)CCn1ncc([N+](=O)[O-])c1N. The van der Waals surface area contributed by atoms with Gasteiger partial charge in [0.05, 0.1) is 17.2 Å². The molecule has 1 rings (SSSR count). The molecule has 0 spiro atoms. The van der Waals surface area contributed by atoms with Crippen LogP contribution in [0.3, 0.4) is 0 Å². The first kappa shape index (κ1) is 12.4. The van der Waals surface area contributed by atoms with E-state index in [4.69, 9.17) is 5.73 Å². The molecule has 9 heteroatoms. The second kappa shape index (κ2) is 4.47. The third kappa shape index (κ3) is 2.69. The molecule has 0 aliphatic carbocycles. The molecular weight excluding hydrogens is 236 g/mol. The molecule has 16 heavy (non-hydrogen) atoms. The molecule has 8 nitrogen and oxygen atoms in total. The molecule has 1 heterocycles. The van der Waals surface area contributed by atoms with Crippen LogP contribution in [0.1, 0.15) is 6.92 Å². The number of sulfone groups is 1. The summed E-state index contributed by atoms with van der Waals surface area (Å²) < 4.78 is 23.5. The number of rotatable bonds is 5. The Hall–Kier alpha value is -1.64. The Balaban J connectivity index is 2.80. The Bertz CT molecular complexity index is 492. The van der Waals surface area contributed by atoms with Gasteiger partial charge in [-0.25, -0.2) is 13.1 Å². The topological polar surface area (TPSA) is 121 Å². The van der Waals surface area contributed by atoms with Crippen LogP contribution in [0.2, 0.25) is 0 Å². The number of aryl methyl sites for hydroxylation is 1. The molecular formula is C7H12N4O4S. The van der Waals surface area contributed by atoms with Gasteiger partial charge in [0, 0.05) is 5.75 Å². The van der Waals surface area contributed by atoms with Gasteiger partial charge in [-0.2, -0.15) is 5.10 Å². The standard InChI is InChI=1S/C7H12N4O4S/c1-2-16(14,15)4-3-10-7(8)6(5-9-10)11(12)13/h5H,2-4,8H2,1H3. The predicted molar refractivity (Wildman–Crippen MR) is 57.6 cm³/mol. The first-order valence-electron chi connectivity index (χ1n) is 4.53. The number of nitrogens with zero attached hydrogens (tertiary/aromatic N) is 3. The van der Waals surface area contributed by atoms with Crippen molar-refractivity contribution in [3.8, 4) is 0 Å². The molecule has 0 saturated heterocycles. The van der Waals surface area contributed by atoms with E-state index in [1.54, 1.807) is 0 Å². The van der Waals surface area contributed by atoms with Crippen molar-refractivity contribution in [2.24, 2.45) is 0 Å². The summed E-state index contributed by atoms with van der Waals surface area (Å²) in [6.45, 7) is 1.56. The average molecular weight is 248 g/mol. The quantitative estimate of drug-likeness (QED) is 0.569. The van der Waals surface area contributed by atoms with E-state index >= 15 is 0 Å². The van der Waals surface area contributed by atoms with Gasteiger partial charge >= 0.3 is 5.69 Å². The zero-order chi connectivity index (χ0) is 12.3. The van der Waals surface area contributed by atoms with Gasteiger partial charge in [-0.3, -0.25) is 10.1 Å². The van der Waals surface area contributed by atoms with E-state index < -0.39 is 14.8 Å². The molecule has 0 fully saturated rings. The van der Waals surface area contributed by atoms with Gasteiger partial charge in [0.25, 0.3) is 0 Å². The van der Waals surface area contributed by atoms with Gasteiger partial charge in [0.15, 0.2) is 9.84 Å². The van der Waals surface area contributed by atoms with Crippen molar-refractivity contribution in [1.29, 1.82) is 0 Å². The van der Waals surface area contributed by atoms with Gasteiger partial charge in [-0.05, 0) is 0 Å². The van der Waals surface area contributed by atoms with E-state index in [-0.39, 0.29) is 29.6 Å². The lowest BCUT2D eigenvalue weighted by molar-refractivity contribution is -0.384. The van der Waals surface area contributed by atoms with Crippen molar-refractivity contribution >= 4 is 21.3 Å². The van der Waals surface area contributed by atoms with E-state index in [1.807, 2.05) is 0 Å². The lowest BCUT2D eigenvalue weighted by Crippen LogP contribution is -2.16. The molecule has 90 valence electrons. The molecule has 0 amide bonds. The molecule has 0 unspecified atom stereocenters. The highest BCUT2D eigenvalue weighted by Gasteiger charge is 2.18. The smallest absolute Gasteiger partial charge is 0.330 e. The highest BCUT2D eigenvalue weighted by molar-refractivity contribution is 7.91. The van der Waals surface area contributed by atoms with Gasteiger partial charge in [0.1, 0.15) is 6.20 Å². The van der Waals surface area contributed by atoms with Crippen LogP contribution in [0.4, 0.5) is 11.5 Å². The number of nitro groups is 1. The monoisotopic (exact) mass is 248 g/mol. The van der Waals surface area contributed by atoms with Crippen molar-refractivity contribution in [2.75, 3.05) is 17.2 Å². The average Bonchev–Trinajstić information content (AvgIpc) is 2.57. The molecule has 0 atom stereocenters. The van der Waals surface area contributed by atoms with Crippen LogP contribution in [0, 0.1) is 10.1 Å². The number of hydrogen-bond donors (Lipinski definition) is 1. The number of aromatic nitrogens is 2. The molecule has 2 N–H and O–H groups in total. The summed E-state index contributed by atoms with van der Waals surface area (Å²) in [6.07, 6.45) is 1.01. The molecule has 1 aromatic heterocycles. The first-order chi connectivity index (χ1) is 7.37. The van der Waals surface area contributed by atoms with Crippen molar-refractivity contribution in [1.82, 2.24) is 9.78 Å². The summed E-state index contributed by atoms with van der Waals surface area (Å²) in [6, 6.07) is 0. The van der Waals surface area contributed by atoms with Crippen LogP contribution in [-0.2, 0) is 16.4 Å². The maximum Gasteiger partial charge on any atom is 0.330 e. The Morgan fingerprint density at radius 2 is 2.25 bits per heavy atom. The van der Waals surface area contributed by atoms with E-state index in [9.17, 15) is 18.5 Å². The van der Waals surface area contributed by atoms with Crippen LogP contribution in [0.25, 0.3) is 0 Å². The summed E-state index contributed by atoms with van der Waals surface area (Å²) in [5.41, 5.74) is 5.13. The lowest BCUT2D eigenvalue weighted by atomic mass is 10.5. The third-order valence-corrected chi connectivity index (χ3v) is 3.79. The van der Waals surface area contributed by atoms with Gasteiger partial charge < -0.3 is 5.73 Å². The van der Waals surface area contributed by atoms with Crippen LogP contribution in [0.15, 0.2) is 6.20 Å². The molecule has 0 aliphatic heterocycles. The minimum Gasteiger partial charge on any atom is -0.378 e. The molecule has 0 aromatic carbocycles. The molecule has 0 bridgehead atoms. The summed E-state index contributed by atoms with van der Waals surface area (Å²) in [5.74, 6) is -0.237. The lowest BCUT2D eigenvalue weighted by Gasteiger charge is -2.03. The number of anilines is 1. The van der Waals surface area contributed by atoms with Crippen molar-refractivity contribution in [2.45, 2.75) is 13.5 Å². The number of nitrogen functional groups attached to an aromatic ring is 1. The van der Waals surface area contributed by atoms with Crippen LogP contribution in [-0.4, -0.2) is 34.6 Å². The van der Waals surface area contributed by atoms with Crippen LogP contribution < -0.4 is 5.73 Å². The van der Waals surface area contributed by atoms with Crippen molar-refractivity contribution in [3.05, 3.63) is 16.3 Å². The fourth-order valence-electron chi connectivity index (χ4n) is 1.07. The molecule has 0 aliphatic rings. The highest BCUT2D eigenvalue weighted by atomic mass is 32.2. The van der Waals surface area contributed by atoms with Crippen LogP contribution in [0.5, 0.6) is 0 Å². The fraction of sp³-hybridized carbons (Fsp3) is 0.571. The minimum atomic E-state index is -3.13. The van der Waals surface area contributed by atoms with Gasteiger partial charge in [-0.15, -0.1) is 0 Å². The van der Waals surface area contributed by atoms with E-state index in [1.165, 1.54) is 6.92 Å². The third-order valence-electron chi connectivity index (χ3n) is 2.11. The second-order valence-electron chi connectivity index (χ2n) is 3.13. The fourth-order valence-corrected chi connectivity index (χ4v) is 1.81. The summed E-state index contributed by atoms with van der Waals surface area (Å²) in [4.78, 5) is 9.79. The second-order valence-corrected chi connectivity index (χ2v) is 5.60. The zero-order valence-electron chi connectivity index (χ0n) is 8.66. The molecule has 1 aromatic rings. The Labute approximate surface area is 92.1 Å². The number of hydrogen-bond acceptors (Lipinski definition) is 6. The van der Waals surface area contributed by atoms with Crippen molar-refractivity contribution in [3.63, 3.8) is 0 Å². The molecule has 0 radical (unpaired) electrons. The summed E-state index contributed by atoms with van der Waals surface area (Å²) >= 11 is 0. The minimum absolute atomic E-state index is 0.0237. The summed E-state index contributed by atoms with van der Waals surface area (Å²) in [5, 5.41) is 14.1. The van der Waals surface area contributed by atoms with Gasteiger partial charge in [-0.1, -0.05) is 6.92 Å². The van der Waals surface area contributed by atoms with Crippen molar-refractivity contribution < 1.29 is 13.3 Å². The maximum atomic E-state index is 11.2. The zero-order valence-corrected chi connectivity index (χ0v) is 9.48. The highest BCUT2D eigenvalue weighted by Crippen LogP contribution is 2.19. The summed E-state index contributed by atoms with van der Waals surface area (Å²) in [7, 11) is -3.13. The van der Waals surface area contributed by atoms with E-state index in [2.05, 4.69) is 5.10 Å². The Morgan fingerprint density at radius 3 is 2.69 bits per heavy atom. The largest absolute Gasteiger partial charge is 0.378 e. The number of nitrogens with two attached hydrogens (primary N) is 1. The normalized spacial score (nSPS) is 11.6. The first-order valence-corrected chi connectivity index (χ1v) is 6.35. The maximum absolute atomic E-state index is 11.2. The van der Waals surface area contributed by atoms with Crippen LogP contribution >= 0.6 is 0 Å². The van der Waals surface area contributed by atoms with E-state index in [0.717, 1.165) is 10.9 Å². The predicted octanol–water partition coefficient (Wildman–Crippen LogP) is -0.192. The molecule has 0 saturated carbocycles. The Kier molecular flexibility index (Phi) is 3.48. The van der Waals surface area contributed by atoms with E-state index in [0.29, 0.717) is 0 Å². The Morgan fingerprint density at radius 1 is 1.62 bits per heavy atom. The van der Waals surface area contributed by atoms with Gasteiger partial charge in [0.2, 0.25) is 5.82 Å².